The number of aromatic nitrogens is 1. The summed E-state index contributed by atoms with van der Waals surface area (Å²) in [6.07, 6.45) is 7.17. The number of nitrogens with zero attached hydrogens (tertiary/aromatic N) is 1. The number of carbonyl (C=O) groups excluding carboxylic acids is 2. The molecule has 4 rings (SSSR count). The Morgan fingerprint density at radius 1 is 0.909 bits per heavy atom. The minimum absolute atomic E-state index is 0.179. The average molecular weight is 464 g/mol. The Hall–Kier alpha value is -2.92. The summed E-state index contributed by atoms with van der Waals surface area (Å²) in [5, 5.41) is 8.55. The number of pyridine rings is 1. The first-order chi connectivity index (χ1) is 16.1. The fraction of sp³-hybridized carbons (Fsp3) is 0.370. The van der Waals surface area contributed by atoms with Gasteiger partial charge in [-0.25, -0.2) is 4.98 Å². The zero-order chi connectivity index (χ0) is 23.0. The third-order valence-electron chi connectivity index (χ3n) is 6.27. The Morgan fingerprint density at radius 2 is 1.61 bits per heavy atom. The van der Waals surface area contributed by atoms with Crippen LogP contribution in [0.2, 0.25) is 5.02 Å². The topological polar surface area (TPSA) is 71.1 Å². The van der Waals surface area contributed by atoms with Crippen LogP contribution in [0.25, 0.3) is 22.0 Å². The highest BCUT2D eigenvalue weighted by atomic mass is 35.5. The third-order valence-corrected chi connectivity index (χ3v) is 6.60. The molecule has 0 radical (unpaired) electrons. The van der Waals surface area contributed by atoms with E-state index in [1.807, 2.05) is 54.6 Å². The van der Waals surface area contributed by atoms with Gasteiger partial charge in [-0.05, 0) is 43.2 Å². The quantitative estimate of drug-likeness (QED) is 0.375. The van der Waals surface area contributed by atoms with Gasteiger partial charge in [0.05, 0.1) is 5.69 Å². The number of benzene rings is 2. The molecule has 1 aliphatic rings. The number of fused-ring (bicyclic) bond motifs is 1. The molecular weight excluding hydrogens is 434 g/mol. The first-order valence-corrected chi connectivity index (χ1v) is 12.2. The minimum atomic E-state index is -0.179. The van der Waals surface area contributed by atoms with Crippen LogP contribution >= 0.6 is 11.6 Å². The van der Waals surface area contributed by atoms with Crippen molar-refractivity contribution in [3.63, 3.8) is 0 Å². The van der Waals surface area contributed by atoms with Gasteiger partial charge < -0.3 is 10.6 Å². The van der Waals surface area contributed by atoms with E-state index in [1.54, 1.807) is 0 Å². The summed E-state index contributed by atoms with van der Waals surface area (Å²) >= 11 is 6.42. The van der Waals surface area contributed by atoms with Crippen LogP contribution in [0.3, 0.4) is 0 Å². The van der Waals surface area contributed by atoms with Crippen molar-refractivity contribution >= 4 is 34.2 Å². The molecule has 0 atom stereocenters. The number of unbranched alkanes of at least 4 members (excludes halogenated alkanes) is 3. The normalized spacial score (nSPS) is 13.5. The zero-order valence-electron chi connectivity index (χ0n) is 18.8. The molecule has 0 saturated heterocycles. The van der Waals surface area contributed by atoms with Crippen LogP contribution in [0.15, 0.2) is 54.6 Å². The highest BCUT2D eigenvalue weighted by Gasteiger charge is 2.24. The van der Waals surface area contributed by atoms with Crippen LogP contribution in [-0.4, -0.2) is 29.9 Å². The van der Waals surface area contributed by atoms with Crippen molar-refractivity contribution in [1.29, 1.82) is 0 Å². The Bertz CT molecular complexity index is 1130. The first-order valence-electron chi connectivity index (χ1n) is 11.8. The number of rotatable bonds is 10. The van der Waals surface area contributed by atoms with Crippen molar-refractivity contribution in [1.82, 2.24) is 15.6 Å². The summed E-state index contributed by atoms with van der Waals surface area (Å²) in [6.45, 7) is 1.34. The average Bonchev–Trinajstić information content (AvgIpc) is 2.79. The van der Waals surface area contributed by atoms with E-state index < -0.39 is 0 Å². The van der Waals surface area contributed by atoms with Gasteiger partial charge in [-0.15, -0.1) is 0 Å². The van der Waals surface area contributed by atoms with Crippen LogP contribution in [0, 0.1) is 5.92 Å². The standard InChI is InChI=1S/C27H30ClN3O2/c28-23-15-6-5-14-22(23)25-21-13-4-3-10-20(21)18-24(31-25)27(33)30-17-8-2-1-7-16-29-26(32)19-11-9-12-19/h3-6,10,13-15,18-19H,1-2,7-9,11-12,16-17H2,(H,29,32)(H,30,33). The van der Waals surface area contributed by atoms with Gasteiger partial charge in [-0.3, -0.25) is 9.59 Å². The first kappa shape index (κ1) is 23.2. The molecule has 3 aromatic rings. The third kappa shape index (κ3) is 5.91. The monoisotopic (exact) mass is 463 g/mol. The molecule has 2 aromatic carbocycles. The molecule has 0 bridgehead atoms. The molecule has 1 heterocycles. The lowest BCUT2D eigenvalue weighted by Gasteiger charge is -2.23. The van der Waals surface area contributed by atoms with E-state index in [2.05, 4.69) is 15.6 Å². The van der Waals surface area contributed by atoms with Gasteiger partial charge in [-0.1, -0.05) is 73.3 Å². The summed E-state index contributed by atoms with van der Waals surface area (Å²) in [6, 6.07) is 17.3. The molecule has 1 saturated carbocycles. The molecule has 6 heteroatoms. The van der Waals surface area contributed by atoms with Crippen LogP contribution in [0.4, 0.5) is 0 Å². The lowest BCUT2D eigenvalue weighted by atomic mass is 9.85. The van der Waals surface area contributed by atoms with E-state index in [1.165, 1.54) is 6.42 Å². The fourth-order valence-corrected chi connectivity index (χ4v) is 4.32. The smallest absolute Gasteiger partial charge is 0.269 e. The largest absolute Gasteiger partial charge is 0.356 e. The highest BCUT2D eigenvalue weighted by molar-refractivity contribution is 6.33. The van der Waals surface area contributed by atoms with Crippen molar-refractivity contribution in [3.05, 3.63) is 65.3 Å². The van der Waals surface area contributed by atoms with Gasteiger partial charge in [-0.2, -0.15) is 0 Å². The maximum Gasteiger partial charge on any atom is 0.269 e. The second kappa shape index (κ2) is 11.3. The molecule has 1 aromatic heterocycles. The molecule has 0 unspecified atom stereocenters. The Morgan fingerprint density at radius 3 is 2.33 bits per heavy atom. The van der Waals surface area contributed by atoms with Crippen LogP contribution < -0.4 is 10.6 Å². The van der Waals surface area contributed by atoms with Crippen molar-refractivity contribution < 1.29 is 9.59 Å². The number of hydrogen-bond acceptors (Lipinski definition) is 3. The van der Waals surface area contributed by atoms with E-state index in [9.17, 15) is 9.59 Å². The number of halogens is 1. The highest BCUT2D eigenvalue weighted by Crippen LogP contribution is 2.32. The maximum atomic E-state index is 12.8. The molecule has 1 fully saturated rings. The predicted octanol–water partition coefficient (Wildman–Crippen LogP) is 5.76. The van der Waals surface area contributed by atoms with Crippen LogP contribution in [0.5, 0.6) is 0 Å². The summed E-state index contributed by atoms with van der Waals surface area (Å²) in [7, 11) is 0. The summed E-state index contributed by atoms with van der Waals surface area (Å²) in [5.41, 5.74) is 1.92. The lowest BCUT2D eigenvalue weighted by Crippen LogP contribution is -2.34. The van der Waals surface area contributed by atoms with Gasteiger partial charge in [0.1, 0.15) is 5.69 Å². The molecule has 2 N–H and O–H groups in total. The SMILES string of the molecule is O=C(NCCCCCCNC(=O)C1CCC1)c1cc2ccccc2c(-c2ccccc2Cl)n1. The molecule has 1 aliphatic carbocycles. The van der Waals surface area contributed by atoms with Gasteiger partial charge in [0.2, 0.25) is 5.91 Å². The minimum Gasteiger partial charge on any atom is -0.356 e. The van der Waals surface area contributed by atoms with Crippen molar-refractivity contribution in [2.24, 2.45) is 5.92 Å². The molecule has 0 aliphatic heterocycles. The molecule has 33 heavy (non-hydrogen) atoms. The molecule has 5 nitrogen and oxygen atoms in total. The molecule has 2 amide bonds. The van der Waals surface area contributed by atoms with E-state index in [0.29, 0.717) is 23.0 Å². The zero-order valence-corrected chi connectivity index (χ0v) is 19.5. The Labute approximate surface area is 199 Å². The fourth-order valence-electron chi connectivity index (χ4n) is 4.10. The summed E-state index contributed by atoms with van der Waals surface area (Å²) < 4.78 is 0. The van der Waals surface area contributed by atoms with Gasteiger partial charge >= 0.3 is 0 Å². The van der Waals surface area contributed by atoms with E-state index in [4.69, 9.17) is 11.6 Å². The summed E-state index contributed by atoms with van der Waals surface area (Å²) in [4.78, 5) is 29.3. The second-order valence-electron chi connectivity index (χ2n) is 8.65. The molecular formula is C27H30ClN3O2. The predicted molar refractivity (Wildman–Crippen MR) is 133 cm³/mol. The van der Waals surface area contributed by atoms with Gasteiger partial charge in [0.25, 0.3) is 5.91 Å². The second-order valence-corrected chi connectivity index (χ2v) is 9.05. The Balaban J connectivity index is 1.28. The number of hydrogen-bond donors (Lipinski definition) is 2. The van der Waals surface area contributed by atoms with E-state index in [0.717, 1.165) is 61.4 Å². The number of amides is 2. The van der Waals surface area contributed by atoms with Crippen molar-refractivity contribution in [2.75, 3.05) is 13.1 Å². The molecule has 0 spiro atoms. The van der Waals surface area contributed by atoms with E-state index in [-0.39, 0.29) is 17.7 Å². The van der Waals surface area contributed by atoms with Crippen LogP contribution in [0.1, 0.15) is 55.4 Å². The van der Waals surface area contributed by atoms with Gasteiger partial charge in [0.15, 0.2) is 0 Å². The van der Waals surface area contributed by atoms with Crippen LogP contribution in [-0.2, 0) is 4.79 Å². The van der Waals surface area contributed by atoms with Crippen molar-refractivity contribution in [3.8, 4) is 11.3 Å². The maximum absolute atomic E-state index is 12.8. The van der Waals surface area contributed by atoms with E-state index >= 15 is 0 Å². The van der Waals surface area contributed by atoms with Crippen molar-refractivity contribution in [2.45, 2.75) is 44.9 Å². The molecule has 172 valence electrons. The number of carbonyl (C=O) groups is 2. The number of nitrogens with one attached hydrogen (secondary N) is 2. The van der Waals surface area contributed by atoms with Gasteiger partial charge in [0, 0.05) is 35.0 Å². The summed E-state index contributed by atoms with van der Waals surface area (Å²) in [5.74, 6) is 0.289. The lowest BCUT2D eigenvalue weighted by molar-refractivity contribution is -0.127. The Kier molecular flexibility index (Phi) is 7.95.